The first-order valence-electron chi connectivity index (χ1n) is 23.2. The fourth-order valence-electron chi connectivity index (χ4n) is 8.96. The van der Waals surface area contributed by atoms with E-state index in [9.17, 15) is 39.9 Å². The van der Waals surface area contributed by atoms with Gasteiger partial charge in [-0.05, 0) is 95.8 Å². The molecule has 0 spiro atoms. The number of aliphatic hydroxyl groups is 2. The van der Waals surface area contributed by atoms with Crippen LogP contribution in [0.1, 0.15) is 78.1 Å². The summed E-state index contributed by atoms with van der Waals surface area (Å²) >= 11 is 0. The van der Waals surface area contributed by atoms with Crippen LogP contribution in [0.5, 0.6) is 11.5 Å². The van der Waals surface area contributed by atoms with E-state index >= 15 is 0 Å². The lowest BCUT2D eigenvalue weighted by Crippen LogP contribution is -2.30. The molecule has 2 aliphatic heterocycles. The number of carbonyl (C=O) groups is 4. The number of rotatable bonds is 21. The van der Waals surface area contributed by atoms with Crippen LogP contribution in [0, 0.1) is 22.7 Å². The van der Waals surface area contributed by atoms with Crippen molar-refractivity contribution in [2.45, 2.75) is 64.2 Å². The van der Waals surface area contributed by atoms with Crippen LogP contribution < -0.4 is 29.9 Å². The number of hydrogen-bond donors (Lipinski definition) is 6. The van der Waals surface area contributed by atoms with Crippen molar-refractivity contribution in [1.82, 2.24) is 20.6 Å². The molecule has 2 atom stereocenters. The van der Waals surface area contributed by atoms with Crippen molar-refractivity contribution >= 4 is 35.1 Å². The van der Waals surface area contributed by atoms with E-state index in [-0.39, 0.29) is 51.2 Å². The lowest BCUT2D eigenvalue weighted by atomic mass is 9.93. The lowest BCUT2D eigenvalue weighted by Gasteiger charge is -2.21. The standard InChI is InChI=1S/C54H50N8O10/c55-21-33-15-35(25-57-23-33)31-71-49-9-7-37(17-39(49)27-59-29-41(63)19-51(65)66)53(69)61-13-11-45-43(3-1-5-47(45)61)44-4-2-6-48-46(44)12-14-62(48)54(70)38-8-10-50(72-32-36-16-34(22-56)24-58-26-36)40(18-38)28-60-30-42(64)20-52(67)68/h1-10,15-18,23-26,41-42,59-60,63-64H,11-14,19-20,27-32H2,(H,65,66)(H,67,68)/t41-,42-/m0/s1. The highest BCUT2D eigenvalue weighted by atomic mass is 16.5. The second-order valence-corrected chi connectivity index (χ2v) is 17.4. The van der Waals surface area contributed by atoms with Gasteiger partial charge in [0.05, 0.1) is 36.2 Å². The fourth-order valence-corrected chi connectivity index (χ4v) is 8.96. The number of carboxylic acids is 2. The smallest absolute Gasteiger partial charge is 0.306 e. The third-order valence-corrected chi connectivity index (χ3v) is 12.3. The van der Waals surface area contributed by atoms with E-state index in [0.29, 0.717) is 81.9 Å². The number of aromatic nitrogens is 2. The van der Waals surface area contributed by atoms with Gasteiger partial charge in [0.25, 0.3) is 11.8 Å². The molecule has 72 heavy (non-hydrogen) atoms. The van der Waals surface area contributed by atoms with Crippen molar-refractivity contribution in [1.29, 1.82) is 10.5 Å². The van der Waals surface area contributed by atoms with Gasteiger partial charge in [0.15, 0.2) is 0 Å². The zero-order valence-corrected chi connectivity index (χ0v) is 39.0. The number of pyridine rings is 2. The molecule has 4 aromatic carbocycles. The van der Waals surface area contributed by atoms with E-state index in [1.165, 1.54) is 12.4 Å². The molecule has 18 heteroatoms. The quantitative estimate of drug-likeness (QED) is 0.0534. The van der Waals surface area contributed by atoms with Gasteiger partial charge in [0.1, 0.15) is 36.9 Å². The van der Waals surface area contributed by atoms with Gasteiger partial charge in [-0.25, -0.2) is 0 Å². The first-order valence-corrected chi connectivity index (χ1v) is 23.2. The molecule has 4 heterocycles. The first kappa shape index (κ1) is 49.9. The Morgan fingerprint density at radius 1 is 0.611 bits per heavy atom. The Bertz CT molecular complexity index is 2910. The Morgan fingerprint density at radius 2 is 1.04 bits per heavy atom. The molecule has 6 N–H and O–H groups in total. The first-order chi connectivity index (χ1) is 34.9. The second-order valence-electron chi connectivity index (χ2n) is 17.4. The zero-order chi connectivity index (χ0) is 50.7. The summed E-state index contributed by atoms with van der Waals surface area (Å²) in [6.07, 6.45) is 4.11. The summed E-state index contributed by atoms with van der Waals surface area (Å²) in [6.45, 7) is 1.30. The minimum atomic E-state index is -1.13. The van der Waals surface area contributed by atoms with Gasteiger partial charge in [0.2, 0.25) is 0 Å². The summed E-state index contributed by atoms with van der Waals surface area (Å²) in [7, 11) is 0. The number of ether oxygens (including phenoxy) is 2. The molecule has 0 radical (unpaired) electrons. The molecule has 0 saturated heterocycles. The SMILES string of the molecule is N#Cc1cncc(COc2ccc(C(=O)N3CCc4c(-c5cccc6c5CCN6C(=O)c5ccc(OCc6cncc(C#N)c6)c(CNC[C@@H](O)CC(=O)O)c5)cccc43)cc2CNC[C@@H](O)CC(=O)O)c1. The normalized spacial score (nSPS) is 13.3. The summed E-state index contributed by atoms with van der Waals surface area (Å²) in [5, 5.41) is 63.4. The lowest BCUT2D eigenvalue weighted by molar-refractivity contribution is -0.140. The average Bonchev–Trinajstić information content (AvgIpc) is 4.02. The van der Waals surface area contributed by atoms with E-state index in [1.54, 1.807) is 70.7 Å². The maximum absolute atomic E-state index is 14.4. The molecular weight excluding hydrogens is 921 g/mol. The second kappa shape index (κ2) is 22.9. The third-order valence-electron chi connectivity index (χ3n) is 12.3. The van der Waals surface area contributed by atoms with E-state index in [1.807, 2.05) is 36.4 Å². The van der Waals surface area contributed by atoms with Crippen LogP contribution in [0.15, 0.2) is 110 Å². The summed E-state index contributed by atoms with van der Waals surface area (Å²) in [5.41, 5.74) is 9.48. The van der Waals surface area contributed by atoms with Crippen molar-refractivity contribution in [2.24, 2.45) is 0 Å². The van der Waals surface area contributed by atoms with Gasteiger partial charge < -0.3 is 50.3 Å². The maximum atomic E-state index is 14.4. The minimum Gasteiger partial charge on any atom is -0.489 e. The maximum Gasteiger partial charge on any atom is 0.306 e. The number of nitrogens with one attached hydrogen (secondary N) is 2. The number of aliphatic hydroxyl groups excluding tert-OH is 2. The topological polar surface area (TPSA) is 272 Å². The Morgan fingerprint density at radius 3 is 1.44 bits per heavy atom. The average molecular weight is 971 g/mol. The molecule has 2 aliphatic rings. The molecule has 18 nitrogen and oxygen atoms in total. The van der Waals surface area contributed by atoms with Crippen LogP contribution in [0.2, 0.25) is 0 Å². The summed E-state index contributed by atoms with van der Waals surface area (Å²) in [6, 6.07) is 29.4. The van der Waals surface area contributed by atoms with Crippen molar-refractivity contribution in [3.63, 3.8) is 0 Å². The summed E-state index contributed by atoms with van der Waals surface area (Å²) in [4.78, 5) is 62.8. The summed E-state index contributed by atoms with van der Waals surface area (Å²) < 4.78 is 12.3. The molecule has 6 aromatic rings. The van der Waals surface area contributed by atoms with Crippen LogP contribution in [0.4, 0.5) is 11.4 Å². The monoisotopic (exact) mass is 970 g/mol. The van der Waals surface area contributed by atoms with Crippen molar-refractivity contribution < 1.29 is 49.1 Å². The highest BCUT2D eigenvalue weighted by Gasteiger charge is 2.32. The third kappa shape index (κ3) is 11.9. The number of carboxylic acid groups (broad SMARTS) is 2. The van der Waals surface area contributed by atoms with Gasteiger partial charge in [-0.2, -0.15) is 10.5 Å². The number of aliphatic carboxylic acids is 2. The number of fused-ring (bicyclic) bond motifs is 2. The van der Waals surface area contributed by atoms with Gasteiger partial charge in [-0.1, -0.05) is 24.3 Å². The van der Waals surface area contributed by atoms with Crippen LogP contribution >= 0.6 is 0 Å². The number of benzene rings is 4. The van der Waals surface area contributed by atoms with Crippen LogP contribution in [-0.4, -0.2) is 92.5 Å². The molecule has 0 fully saturated rings. The molecule has 0 saturated carbocycles. The Labute approximate surface area is 414 Å². The van der Waals surface area contributed by atoms with Gasteiger partial charge in [-0.3, -0.25) is 29.1 Å². The summed E-state index contributed by atoms with van der Waals surface area (Å²) in [5.74, 6) is -1.83. The van der Waals surface area contributed by atoms with Crippen molar-refractivity contribution in [3.8, 4) is 34.8 Å². The van der Waals surface area contributed by atoms with Gasteiger partial charge in [0, 0.05) is 109 Å². The van der Waals surface area contributed by atoms with Crippen molar-refractivity contribution in [2.75, 3.05) is 36.0 Å². The number of nitrogens with zero attached hydrogens (tertiary/aromatic N) is 6. The molecule has 0 aliphatic carbocycles. The number of nitriles is 2. The molecule has 8 rings (SSSR count). The molecule has 2 amide bonds. The predicted octanol–water partition coefficient (Wildman–Crippen LogP) is 5.30. The molecule has 2 aromatic heterocycles. The largest absolute Gasteiger partial charge is 0.489 e. The highest BCUT2D eigenvalue weighted by Crippen LogP contribution is 2.43. The number of amides is 2. The number of hydrogen-bond acceptors (Lipinski definition) is 14. The Balaban J connectivity index is 1.01. The Kier molecular flexibility index (Phi) is 15.9. The van der Waals surface area contributed by atoms with Crippen molar-refractivity contribution in [3.05, 3.63) is 165 Å². The zero-order valence-electron chi connectivity index (χ0n) is 39.0. The van der Waals surface area contributed by atoms with E-state index in [4.69, 9.17) is 19.7 Å². The van der Waals surface area contributed by atoms with Crippen LogP contribution in [-0.2, 0) is 48.7 Å². The predicted molar refractivity (Wildman–Crippen MR) is 262 cm³/mol. The number of carbonyl (C=O) groups excluding carboxylic acids is 2. The van der Waals surface area contributed by atoms with Gasteiger partial charge in [-0.15, -0.1) is 0 Å². The van der Waals surface area contributed by atoms with E-state index in [0.717, 1.165) is 33.6 Å². The Hall–Kier alpha value is -8.52. The molecule has 366 valence electrons. The minimum absolute atomic E-state index is 0.0113. The van der Waals surface area contributed by atoms with E-state index < -0.39 is 37.0 Å². The molecule has 0 bridgehead atoms. The van der Waals surface area contributed by atoms with Crippen LogP contribution in [0.3, 0.4) is 0 Å². The molecular formula is C54H50N8O10. The van der Waals surface area contributed by atoms with Crippen LogP contribution in [0.25, 0.3) is 11.1 Å². The number of anilines is 2. The highest BCUT2D eigenvalue weighted by molar-refractivity contribution is 6.09. The fraction of sp³-hybridized carbons (Fsp3) is 0.259. The van der Waals surface area contributed by atoms with E-state index in [2.05, 4.69) is 32.7 Å². The van der Waals surface area contributed by atoms with Gasteiger partial charge >= 0.3 is 11.9 Å². The molecule has 0 unspecified atom stereocenters.